The SMILES string of the molecule is O=C(NCc1ccco1)c1csc(CSc2nnc(-c3ccncc3)n2-c2ccccc2F)n1. The number of para-hydroxylation sites is 1. The summed E-state index contributed by atoms with van der Waals surface area (Å²) in [5.41, 5.74) is 1.45. The molecule has 170 valence electrons. The monoisotopic (exact) mass is 492 g/mol. The third kappa shape index (κ3) is 4.75. The van der Waals surface area contributed by atoms with Gasteiger partial charge in [0.25, 0.3) is 5.91 Å². The van der Waals surface area contributed by atoms with Crippen molar-refractivity contribution >= 4 is 29.0 Å². The van der Waals surface area contributed by atoms with Crippen LogP contribution in [0.25, 0.3) is 17.1 Å². The normalized spacial score (nSPS) is 11.0. The average molecular weight is 493 g/mol. The lowest BCUT2D eigenvalue weighted by molar-refractivity contribution is 0.0943. The van der Waals surface area contributed by atoms with Crippen LogP contribution in [0, 0.1) is 5.82 Å². The smallest absolute Gasteiger partial charge is 0.271 e. The van der Waals surface area contributed by atoms with Gasteiger partial charge in [-0.3, -0.25) is 14.3 Å². The Morgan fingerprint density at radius 2 is 1.97 bits per heavy atom. The highest BCUT2D eigenvalue weighted by Gasteiger charge is 2.19. The number of hydrogen-bond acceptors (Lipinski definition) is 8. The second-order valence-electron chi connectivity index (χ2n) is 7.01. The minimum Gasteiger partial charge on any atom is -0.467 e. The molecule has 1 amide bonds. The van der Waals surface area contributed by atoms with Crippen molar-refractivity contribution in [1.29, 1.82) is 0 Å². The molecule has 0 aliphatic rings. The number of benzene rings is 1. The molecule has 5 aromatic rings. The zero-order valence-electron chi connectivity index (χ0n) is 17.6. The molecule has 0 spiro atoms. The van der Waals surface area contributed by atoms with E-state index in [1.54, 1.807) is 71.1 Å². The van der Waals surface area contributed by atoms with Gasteiger partial charge in [0.05, 0.1) is 24.2 Å². The van der Waals surface area contributed by atoms with Crippen LogP contribution in [0.4, 0.5) is 4.39 Å². The summed E-state index contributed by atoms with van der Waals surface area (Å²) in [5.74, 6) is 0.950. The van der Waals surface area contributed by atoms with Crippen molar-refractivity contribution in [3.63, 3.8) is 0 Å². The van der Waals surface area contributed by atoms with Crippen LogP contribution in [-0.4, -0.2) is 30.6 Å². The molecule has 0 saturated carbocycles. The van der Waals surface area contributed by atoms with E-state index in [1.807, 2.05) is 0 Å². The van der Waals surface area contributed by atoms with Gasteiger partial charge in [-0.2, -0.15) is 0 Å². The van der Waals surface area contributed by atoms with Crippen molar-refractivity contribution in [2.45, 2.75) is 17.5 Å². The van der Waals surface area contributed by atoms with Gasteiger partial charge in [0.15, 0.2) is 11.0 Å². The fourth-order valence-corrected chi connectivity index (χ4v) is 4.92. The number of aromatic nitrogens is 5. The van der Waals surface area contributed by atoms with Gasteiger partial charge in [0.2, 0.25) is 0 Å². The van der Waals surface area contributed by atoms with E-state index in [9.17, 15) is 9.18 Å². The minimum atomic E-state index is -0.385. The first-order valence-corrected chi connectivity index (χ1v) is 12.0. The standard InChI is InChI=1S/C23H17FN6O2S2/c24-17-5-1-2-6-19(17)30-21(15-7-9-25-10-8-15)28-29-23(30)34-14-20-27-18(13-33-20)22(31)26-12-16-4-3-11-32-16/h1-11,13H,12,14H2,(H,26,31). The Labute approximate surface area is 201 Å². The molecule has 0 fully saturated rings. The number of thiazole rings is 1. The first-order valence-electron chi connectivity index (χ1n) is 10.2. The first kappa shape index (κ1) is 22.0. The largest absolute Gasteiger partial charge is 0.467 e. The summed E-state index contributed by atoms with van der Waals surface area (Å²) in [6.45, 7) is 0.289. The van der Waals surface area contributed by atoms with E-state index >= 15 is 0 Å². The van der Waals surface area contributed by atoms with Crippen LogP contribution in [0.1, 0.15) is 21.3 Å². The fourth-order valence-electron chi connectivity index (χ4n) is 3.18. The maximum absolute atomic E-state index is 14.7. The van der Waals surface area contributed by atoms with Crippen LogP contribution in [0.2, 0.25) is 0 Å². The molecule has 1 aromatic carbocycles. The summed E-state index contributed by atoms with van der Waals surface area (Å²) >= 11 is 2.74. The quantitative estimate of drug-likeness (QED) is 0.312. The second-order valence-corrected chi connectivity index (χ2v) is 8.89. The lowest BCUT2D eigenvalue weighted by atomic mass is 10.2. The molecule has 0 bridgehead atoms. The van der Waals surface area contributed by atoms with Crippen LogP contribution in [0.15, 0.2) is 82.1 Å². The van der Waals surface area contributed by atoms with E-state index in [-0.39, 0.29) is 18.3 Å². The molecule has 0 aliphatic heterocycles. The minimum absolute atomic E-state index is 0.279. The van der Waals surface area contributed by atoms with Crippen molar-refractivity contribution in [3.8, 4) is 17.1 Å². The Morgan fingerprint density at radius 3 is 2.76 bits per heavy atom. The summed E-state index contributed by atoms with van der Waals surface area (Å²) in [7, 11) is 0. The van der Waals surface area contributed by atoms with Gasteiger partial charge in [0, 0.05) is 23.3 Å². The summed E-state index contributed by atoms with van der Waals surface area (Å²) in [6.07, 6.45) is 4.85. The van der Waals surface area contributed by atoms with Crippen LogP contribution >= 0.6 is 23.1 Å². The van der Waals surface area contributed by atoms with Crippen molar-refractivity contribution in [2.75, 3.05) is 0 Å². The zero-order chi connectivity index (χ0) is 23.3. The average Bonchev–Trinajstić information content (AvgIpc) is 3.63. The number of rotatable bonds is 8. The van der Waals surface area contributed by atoms with Gasteiger partial charge in [-0.15, -0.1) is 21.5 Å². The number of pyridine rings is 1. The zero-order valence-corrected chi connectivity index (χ0v) is 19.2. The highest BCUT2D eigenvalue weighted by molar-refractivity contribution is 7.98. The Kier molecular flexibility index (Phi) is 6.45. The highest BCUT2D eigenvalue weighted by Crippen LogP contribution is 2.31. The van der Waals surface area contributed by atoms with Gasteiger partial charge >= 0.3 is 0 Å². The molecule has 0 saturated heterocycles. The lowest BCUT2D eigenvalue weighted by Crippen LogP contribution is -2.22. The molecule has 0 radical (unpaired) electrons. The van der Waals surface area contributed by atoms with Crippen molar-refractivity contribution in [3.05, 3.63) is 94.8 Å². The van der Waals surface area contributed by atoms with Crippen molar-refractivity contribution in [1.82, 2.24) is 30.0 Å². The molecule has 0 unspecified atom stereocenters. The van der Waals surface area contributed by atoms with Crippen LogP contribution in [0.5, 0.6) is 0 Å². The Balaban J connectivity index is 1.35. The fraction of sp³-hybridized carbons (Fsp3) is 0.0870. The Bertz CT molecular complexity index is 1400. The predicted molar refractivity (Wildman–Crippen MR) is 126 cm³/mol. The van der Waals surface area contributed by atoms with Gasteiger partial charge in [0.1, 0.15) is 22.3 Å². The van der Waals surface area contributed by atoms with E-state index in [0.717, 1.165) is 10.6 Å². The number of carbonyl (C=O) groups excluding carboxylic acids is 1. The predicted octanol–water partition coefficient (Wildman–Crippen LogP) is 4.74. The summed E-state index contributed by atoms with van der Waals surface area (Å²) in [6, 6.07) is 13.6. The third-order valence-corrected chi connectivity index (χ3v) is 6.75. The molecule has 34 heavy (non-hydrogen) atoms. The number of carbonyl (C=O) groups is 1. The van der Waals surface area contributed by atoms with E-state index in [4.69, 9.17) is 4.42 Å². The van der Waals surface area contributed by atoms with E-state index in [2.05, 4.69) is 25.5 Å². The van der Waals surface area contributed by atoms with Crippen molar-refractivity contribution < 1.29 is 13.6 Å². The number of halogens is 1. The topological polar surface area (TPSA) is 98.7 Å². The number of nitrogens with zero attached hydrogens (tertiary/aromatic N) is 5. The van der Waals surface area contributed by atoms with E-state index in [0.29, 0.717) is 33.9 Å². The molecule has 11 heteroatoms. The Hall–Kier alpha value is -3.83. The molecular formula is C23H17FN6O2S2. The summed E-state index contributed by atoms with van der Waals surface area (Å²) < 4.78 is 21.6. The Morgan fingerprint density at radius 1 is 1.12 bits per heavy atom. The number of hydrogen-bond donors (Lipinski definition) is 1. The van der Waals surface area contributed by atoms with Crippen LogP contribution < -0.4 is 5.32 Å². The molecule has 1 N–H and O–H groups in total. The molecule has 0 aliphatic carbocycles. The van der Waals surface area contributed by atoms with Gasteiger partial charge in [-0.1, -0.05) is 23.9 Å². The van der Waals surface area contributed by atoms with Crippen molar-refractivity contribution in [2.24, 2.45) is 0 Å². The lowest BCUT2D eigenvalue weighted by Gasteiger charge is -2.10. The first-order chi connectivity index (χ1) is 16.7. The van der Waals surface area contributed by atoms with Gasteiger partial charge in [-0.05, 0) is 36.4 Å². The molecule has 4 aromatic heterocycles. The molecule has 0 atom stereocenters. The summed E-state index contributed by atoms with van der Waals surface area (Å²) in [5, 5.41) is 14.3. The molecular weight excluding hydrogens is 475 g/mol. The number of nitrogens with one attached hydrogen (secondary N) is 1. The third-order valence-electron chi connectivity index (χ3n) is 4.78. The molecule has 8 nitrogen and oxygen atoms in total. The summed E-state index contributed by atoms with van der Waals surface area (Å²) in [4.78, 5) is 20.8. The van der Waals surface area contributed by atoms with Crippen LogP contribution in [-0.2, 0) is 12.3 Å². The maximum Gasteiger partial charge on any atom is 0.271 e. The van der Waals surface area contributed by atoms with E-state index < -0.39 is 0 Å². The van der Waals surface area contributed by atoms with Gasteiger partial charge in [-0.25, -0.2) is 9.37 Å². The number of amides is 1. The molecule has 5 rings (SSSR count). The number of furan rings is 1. The highest BCUT2D eigenvalue weighted by atomic mass is 32.2. The maximum atomic E-state index is 14.7. The second kappa shape index (κ2) is 9.98. The van der Waals surface area contributed by atoms with E-state index in [1.165, 1.54) is 29.2 Å². The van der Waals surface area contributed by atoms with Gasteiger partial charge < -0.3 is 9.73 Å². The molecule has 4 heterocycles. The van der Waals surface area contributed by atoms with Crippen LogP contribution in [0.3, 0.4) is 0 Å². The number of thioether (sulfide) groups is 1.